The predicted octanol–water partition coefficient (Wildman–Crippen LogP) is 2.24. The number of piperazine rings is 1. The second-order valence-corrected chi connectivity index (χ2v) is 9.01. The van der Waals surface area contributed by atoms with Gasteiger partial charge in [0.1, 0.15) is 11.3 Å². The summed E-state index contributed by atoms with van der Waals surface area (Å²) < 4.78 is 39.4. The van der Waals surface area contributed by atoms with Gasteiger partial charge >= 0.3 is 0 Å². The molecule has 1 aliphatic rings. The van der Waals surface area contributed by atoms with Gasteiger partial charge in [-0.1, -0.05) is 18.2 Å². The van der Waals surface area contributed by atoms with Gasteiger partial charge in [0.25, 0.3) is 10.1 Å². The van der Waals surface area contributed by atoms with E-state index in [1.165, 1.54) is 12.1 Å². The maximum Gasteiger partial charge on any atom is 0.294 e. The largest absolute Gasteiger partial charge is 0.456 e. The number of rotatable bonds is 5. The summed E-state index contributed by atoms with van der Waals surface area (Å²) in [4.78, 5) is 13.8. The Hall–Kier alpha value is -2.72. The van der Waals surface area contributed by atoms with Crippen molar-refractivity contribution in [1.82, 2.24) is 10.2 Å². The summed E-state index contributed by atoms with van der Waals surface area (Å²) in [6.07, 6.45) is 0. The standard InChI is InChI=1S/C21H23N3O5S/c1-13-11-24(7-6-23-13)12-15-9-16(30(26,27)28)8-14-10-19(29-20(14)15)17-4-2-3-5-18(17)21(22)25/h2-5,8-10,13,23H,6-7,11-12H2,1H3,(H2,22,25)(H,26,27,28)/t13-/m0/s1. The minimum absolute atomic E-state index is 0.191. The molecule has 0 aliphatic carbocycles. The number of hydrogen-bond donors (Lipinski definition) is 3. The van der Waals surface area contributed by atoms with Crippen LogP contribution in [-0.4, -0.2) is 49.5 Å². The zero-order chi connectivity index (χ0) is 21.5. The fourth-order valence-corrected chi connectivity index (χ4v) is 4.47. The number of fused-ring (bicyclic) bond motifs is 1. The molecule has 158 valence electrons. The Morgan fingerprint density at radius 3 is 2.77 bits per heavy atom. The van der Waals surface area contributed by atoms with E-state index in [1.807, 2.05) is 0 Å². The van der Waals surface area contributed by atoms with Crippen LogP contribution in [-0.2, 0) is 16.7 Å². The highest BCUT2D eigenvalue weighted by Crippen LogP contribution is 2.34. The SMILES string of the molecule is C[C@H]1CN(Cc2cc(S(=O)(=O)O)cc3cc(-c4ccccc4C(N)=O)oc23)CCN1. The van der Waals surface area contributed by atoms with Crippen molar-refractivity contribution >= 4 is 27.0 Å². The molecule has 30 heavy (non-hydrogen) atoms. The van der Waals surface area contributed by atoms with Crippen molar-refractivity contribution < 1.29 is 22.2 Å². The Morgan fingerprint density at radius 1 is 1.30 bits per heavy atom. The zero-order valence-corrected chi connectivity index (χ0v) is 17.3. The molecule has 1 atom stereocenters. The van der Waals surface area contributed by atoms with Crippen LogP contribution in [0, 0.1) is 0 Å². The summed E-state index contributed by atoms with van der Waals surface area (Å²) in [6.45, 7) is 4.99. The van der Waals surface area contributed by atoms with Crippen molar-refractivity contribution in [2.24, 2.45) is 5.73 Å². The number of carbonyl (C=O) groups excluding carboxylic acids is 1. The molecule has 0 spiro atoms. The number of nitrogens with one attached hydrogen (secondary N) is 1. The summed E-state index contributed by atoms with van der Waals surface area (Å²) in [6, 6.07) is 11.6. The molecule has 0 unspecified atom stereocenters. The molecule has 3 aromatic rings. The van der Waals surface area contributed by atoms with E-state index in [2.05, 4.69) is 17.1 Å². The lowest BCUT2D eigenvalue weighted by molar-refractivity contribution is 0.100. The molecule has 9 heteroatoms. The van der Waals surface area contributed by atoms with E-state index in [1.54, 1.807) is 30.3 Å². The van der Waals surface area contributed by atoms with Crippen LogP contribution < -0.4 is 11.1 Å². The van der Waals surface area contributed by atoms with E-state index < -0.39 is 16.0 Å². The van der Waals surface area contributed by atoms with Crippen molar-refractivity contribution in [1.29, 1.82) is 0 Å². The number of amides is 1. The highest BCUT2D eigenvalue weighted by molar-refractivity contribution is 7.85. The molecule has 1 saturated heterocycles. The highest BCUT2D eigenvalue weighted by Gasteiger charge is 2.22. The molecule has 1 aromatic heterocycles. The van der Waals surface area contributed by atoms with Gasteiger partial charge < -0.3 is 15.5 Å². The number of nitrogens with two attached hydrogens (primary N) is 1. The van der Waals surface area contributed by atoms with Crippen LogP contribution in [0.1, 0.15) is 22.8 Å². The molecule has 2 heterocycles. The van der Waals surface area contributed by atoms with Crippen molar-refractivity contribution in [2.75, 3.05) is 19.6 Å². The van der Waals surface area contributed by atoms with E-state index in [0.717, 1.165) is 19.6 Å². The van der Waals surface area contributed by atoms with Gasteiger partial charge in [0.15, 0.2) is 0 Å². The van der Waals surface area contributed by atoms with E-state index in [9.17, 15) is 17.8 Å². The highest BCUT2D eigenvalue weighted by atomic mass is 32.2. The van der Waals surface area contributed by atoms with Crippen LogP contribution in [0.5, 0.6) is 0 Å². The average molecular weight is 429 g/mol. The maximum atomic E-state index is 11.8. The number of furan rings is 1. The molecule has 0 radical (unpaired) electrons. The molecule has 4 N–H and O–H groups in total. The summed E-state index contributed by atoms with van der Waals surface area (Å²) in [5, 5.41) is 3.89. The normalized spacial score (nSPS) is 18.0. The van der Waals surface area contributed by atoms with E-state index >= 15 is 0 Å². The molecular formula is C21H23N3O5S. The van der Waals surface area contributed by atoms with Crippen LogP contribution in [0.25, 0.3) is 22.3 Å². The fraction of sp³-hybridized carbons (Fsp3) is 0.286. The monoisotopic (exact) mass is 429 g/mol. The van der Waals surface area contributed by atoms with Crippen molar-refractivity contribution in [3.8, 4) is 11.3 Å². The Morgan fingerprint density at radius 2 is 2.07 bits per heavy atom. The van der Waals surface area contributed by atoms with Crippen molar-refractivity contribution in [3.63, 3.8) is 0 Å². The quantitative estimate of drug-likeness (QED) is 0.531. The molecule has 1 aliphatic heterocycles. The van der Waals surface area contributed by atoms with Gasteiger partial charge in [-0.3, -0.25) is 14.2 Å². The Balaban J connectivity index is 1.85. The molecule has 8 nitrogen and oxygen atoms in total. The first kappa shape index (κ1) is 20.5. The summed E-state index contributed by atoms with van der Waals surface area (Å²) in [5.74, 6) is -0.179. The fourth-order valence-electron chi connectivity index (χ4n) is 3.90. The van der Waals surface area contributed by atoms with Crippen LogP contribution >= 0.6 is 0 Å². The first-order chi connectivity index (χ1) is 14.2. The third-order valence-electron chi connectivity index (χ3n) is 5.27. The summed E-state index contributed by atoms with van der Waals surface area (Å²) in [5.41, 5.74) is 7.49. The number of hydrogen-bond acceptors (Lipinski definition) is 6. The second kappa shape index (κ2) is 7.84. The van der Waals surface area contributed by atoms with E-state index in [4.69, 9.17) is 10.2 Å². The molecule has 1 amide bonds. The second-order valence-electron chi connectivity index (χ2n) is 7.59. The minimum atomic E-state index is -4.39. The lowest BCUT2D eigenvalue weighted by atomic mass is 10.0. The third-order valence-corrected chi connectivity index (χ3v) is 6.10. The zero-order valence-electron chi connectivity index (χ0n) is 16.5. The molecule has 2 aromatic carbocycles. The summed E-state index contributed by atoms with van der Waals surface area (Å²) in [7, 11) is -4.39. The molecule has 0 bridgehead atoms. The number of primary amides is 1. The van der Waals surface area contributed by atoms with Gasteiger partial charge in [-0.2, -0.15) is 8.42 Å². The molecular weight excluding hydrogens is 406 g/mol. The number of nitrogens with zero attached hydrogens (tertiary/aromatic N) is 1. The minimum Gasteiger partial charge on any atom is -0.456 e. The van der Waals surface area contributed by atoms with Gasteiger partial charge in [0.2, 0.25) is 5.91 Å². The first-order valence-electron chi connectivity index (χ1n) is 9.61. The molecule has 0 saturated carbocycles. The van der Waals surface area contributed by atoms with Gasteiger partial charge in [-0.15, -0.1) is 0 Å². The smallest absolute Gasteiger partial charge is 0.294 e. The molecule has 4 rings (SSSR count). The van der Waals surface area contributed by atoms with E-state index in [-0.39, 0.29) is 4.90 Å². The van der Waals surface area contributed by atoms with Crippen molar-refractivity contribution in [3.05, 3.63) is 53.6 Å². The Bertz CT molecular complexity index is 1220. The third kappa shape index (κ3) is 4.10. The van der Waals surface area contributed by atoms with Gasteiger partial charge in [-0.25, -0.2) is 0 Å². The topological polar surface area (TPSA) is 126 Å². The van der Waals surface area contributed by atoms with E-state index in [0.29, 0.717) is 46.0 Å². The Kier molecular flexibility index (Phi) is 5.37. The van der Waals surface area contributed by atoms with Gasteiger partial charge in [-0.05, 0) is 31.2 Å². The van der Waals surface area contributed by atoms with Gasteiger partial charge in [0.05, 0.1) is 10.5 Å². The maximum absolute atomic E-state index is 11.8. The van der Waals surface area contributed by atoms with Crippen LogP contribution in [0.3, 0.4) is 0 Å². The van der Waals surface area contributed by atoms with Gasteiger partial charge in [0, 0.05) is 48.7 Å². The lowest BCUT2D eigenvalue weighted by Gasteiger charge is -2.31. The number of benzene rings is 2. The first-order valence-corrected chi connectivity index (χ1v) is 11.1. The Labute approximate surface area is 174 Å². The molecule has 1 fully saturated rings. The summed E-state index contributed by atoms with van der Waals surface area (Å²) >= 11 is 0. The van der Waals surface area contributed by atoms with Crippen LogP contribution in [0.4, 0.5) is 0 Å². The lowest BCUT2D eigenvalue weighted by Crippen LogP contribution is -2.48. The van der Waals surface area contributed by atoms with Crippen LogP contribution in [0.15, 0.2) is 51.8 Å². The van der Waals surface area contributed by atoms with Crippen molar-refractivity contribution in [2.45, 2.75) is 24.4 Å². The van der Waals surface area contributed by atoms with Crippen LogP contribution in [0.2, 0.25) is 0 Å². The number of carbonyl (C=O) groups is 1. The predicted molar refractivity (Wildman–Crippen MR) is 113 cm³/mol. The average Bonchev–Trinajstić information content (AvgIpc) is 3.12.